The van der Waals surface area contributed by atoms with Crippen LogP contribution >= 0.6 is 0 Å². The van der Waals surface area contributed by atoms with Crippen molar-refractivity contribution in [3.05, 3.63) is 59.7 Å². The third-order valence-electron chi connectivity index (χ3n) is 2.47. The molecule has 0 aliphatic heterocycles. The van der Waals surface area contributed by atoms with Crippen LogP contribution in [0, 0.1) is 12.4 Å². The summed E-state index contributed by atoms with van der Waals surface area (Å²) in [5.74, 6) is 0.780. The monoisotopic (exact) mass is 287 g/mol. The van der Waals surface area contributed by atoms with Crippen LogP contribution < -0.4 is 9.47 Å². The molecular formula is C17H18FNO2. The van der Waals surface area contributed by atoms with Crippen LogP contribution in [0.15, 0.2) is 42.5 Å². The maximum atomic E-state index is 13.7. The summed E-state index contributed by atoms with van der Waals surface area (Å²) in [5.41, 5.74) is 0.246. The van der Waals surface area contributed by atoms with Crippen LogP contribution in [0.25, 0.3) is 4.85 Å². The van der Waals surface area contributed by atoms with Crippen LogP contribution in [-0.4, -0.2) is 6.10 Å². The first-order chi connectivity index (χ1) is 9.58. The van der Waals surface area contributed by atoms with Gasteiger partial charge in [-0.05, 0) is 50.2 Å². The molecule has 0 fully saturated rings. The summed E-state index contributed by atoms with van der Waals surface area (Å²) in [7, 11) is 0. The van der Waals surface area contributed by atoms with Gasteiger partial charge in [0.2, 0.25) is 0 Å². The molecule has 4 heteroatoms. The highest BCUT2D eigenvalue weighted by Crippen LogP contribution is 2.28. The van der Waals surface area contributed by atoms with Gasteiger partial charge in [0.1, 0.15) is 11.5 Å². The second-order valence-corrected chi connectivity index (χ2v) is 4.47. The van der Waals surface area contributed by atoms with Gasteiger partial charge in [-0.15, -0.1) is 0 Å². The second kappa shape index (κ2) is 7.30. The molecule has 0 aromatic heterocycles. The van der Waals surface area contributed by atoms with Crippen molar-refractivity contribution in [2.24, 2.45) is 0 Å². The van der Waals surface area contributed by atoms with E-state index in [1.807, 2.05) is 13.8 Å². The van der Waals surface area contributed by atoms with Crippen molar-refractivity contribution in [2.75, 3.05) is 0 Å². The first-order valence-electron chi connectivity index (χ1n) is 6.20. The van der Waals surface area contributed by atoms with E-state index in [4.69, 9.17) is 16.0 Å². The average Bonchev–Trinajstić information content (AvgIpc) is 2.42. The van der Waals surface area contributed by atoms with Crippen molar-refractivity contribution >= 4 is 5.69 Å². The molecule has 0 unspecified atom stereocenters. The lowest BCUT2D eigenvalue weighted by Gasteiger charge is -2.11. The van der Waals surface area contributed by atoms with Crippen LogP contribution in [0.4, 0.5) is 10.1 Å². The minimum Gasteiger partial charge on any atom is -0.491 e. The molecule has 21 heavy (non-hydrogen) atoms. The van der Waals surface area contributed by atoms with Crippen LogP contribution in [0.5, 0.6) is 17.2 Å². The van der Waals surface area contributed by atoms with E-state index in [2.05, 4.69) is 4.85 Å². The number of hydrogen-bond donors (Lipinski definition) is 0. The molecule has 0 saturated carbocycles. The molecular weight excluding hydrogens is 269 g/mol. The Kier molecular flexibility index (Phi) is 5.74. The zero-order valence-electron chi connectivity index (χ0n) is 11.3. The maximum absolute atomic E-state index is 13.7. The van der Waals surface area contributed by atoms with Crippen molar-refractivity contribution in [1.29, 1.82) is 0 Å². The predicted octanol–water partition coefficient (Wildman–Crippen LogP) is 5.59. The molecule has 0 heterocycles. The highest BCUT2D eigenvalue weighted by molar-refractivity contribution is 5.49. The quantitative estimate of drug-likeness (QED) is 0.684. The van der Waals surface area contributed by atoms with E-state index in [-0.39, 0.29) is 25.0 Å². The Balaban J connectivity index is 0.00000220. The van der Waals surface area contributed by atoms with Crippen molar-refractivity contribution in [2.45, 2.75) is 27.4 Å². The minimum absolute atomic E-state index is 0. The van der Waals surface area contributed by atoms with Gasteiger partial charge in [-0.2, -0.15) is 0 Å². The molecule has 0 bridgehead atoms. The predicted molar refractivity (Wildman–Crippen MR) is 81.7 cm³/mol. The summed E-state index contributed by atoms with van der Waals surface area (Å²) in [5, 5.41) is 0. The summed E-state index contributed by atoms with van der Waals surface area (Å²) in [6.07, 6.45) is 0.0976. The molecule has 0 aliphatic rings. The van der Waals surface area contributed by atoms with Crippen molar-refractivity contribution < 1.29 is 13.9 Å². The summed E-state index contributed by atoms with van der Waals surface area (Å²) in [6.45, 7) is 10.7. The van der Waals surface area contributed by atoms with Gasteiger partial charge in [0.15, 0.2) is 17.3 Å². The third kappa shape index (κ3) is 4.50. The van der Waals surface area contributed by atoms with Gasteiger partial charge >= 0.3 is 0 Å². The Morgan fingerprint density at radius 1 is 1.05 bits per heavy atom. The van der Waals surface area contributed by atoms with Crippen LogP contribution in [0.2, 0.25) is 0 Å². The zero-order valence-corrected chi connectivity index (χ0v) is 11.3. The molecule has 0 radical (unpaired) electrons. The number of halogens is 1. The van der Waals surface area contributed by atoms with Crippen LogP contribution in [-0.2, 0) is 0 Å². The van der Waals surface area contributed by atoms with Gasteiger partial charge in [-0.25, -0.2) is 9.24 Å². The van der Waals surface area contributed by atoms with E-state index in [1.165, 1.54) is 12.1 Å². The van der Waals surface area contributed by atoms with Gasteiger partial charge in [0.05, 0.1) is 12.7 Å². The Labute approximate surface area is 124 Å². The smallest absolute Gasteiger partial charge is 0.190 e. The summed E-state index contributed by atoms with van der Waals surface area (Å²) in [6, 6.07) is 11.1. The summed E-state index contributed by atoms with van der Waals surface area (Å²) >= 11 is 0. The number of rotatable bonds is 4. The number of hydrogen-bond acceptors (Lipinski definition) is 2. The number of ether oxygens (including phenoxy) is 2. The SMILES string of the molecule is C.[C-]#[N+]c1ccc(Oc2ccc(OC(C)C)cc2)c(F)c1. The van der Waals surface area contributed by atoms with Gasteiger partial charge in [0.25, 0.3) is 0 Å². The average molecular weight is 287 g/mol. The van der Waals surface area contributed by atoms with E-state index in [9.17, 15) is 4.39 Å². The molecule has 3 nitrogen and oxygen atoms in total. The number of nitrogens with zero attached hydrogens (tertiary/aromatic N) is 1. The summed E-state index contributed by atoms with van der Waals surface area (Å²) < 4.78 is 24.6. The Bertz CT molecular complexity index is 630. The lowest BCUT2D eigenvalue weighted by Crippen LogP contribution is -2.05. The van der Waals surface area contributed by atoms with E-state index >= 15 is 0 Å². The highest BCUT2D eigenvalue weighted by atomic mass is 19.1. The zero-order chi connectivity index (χ0) is 14.5. The Morgan fingerprint density at radius 3 is 2.19 bits per heavy atom. The highest BCUT2D eigenvalue weighted by Gasteiger charge is 2.06. The molecule has 0 spiro atoms. The van der Waals surface area contributed by atoms with Crippen molar-refractivity contribution in [3.63, 3.8) is 0 Å². The topological polar surface area (TPSA) is 22.8 Å². The first-order valence-corrected chi connectivity index (χ1v) is 6.20. The minimum atomic E-state index is -0.555. The van der Waals surface area contributed by atoms with Gasteiger partial charge in [-0.3, -0.25) is 0 Å². The Morgan fingerprint density at radius 2 is 1.67 bits per heavy atom. The maximum Gasteiger partial charge on any atom is 0.190 e. The summed E-state index contributed by atoms with van der Waals surface area (Å²) in [4.78, 5) is 3.16. The van der Waals surface area contributed by atoms with E-state index in [1.54, 1.807) is 24.3 Å². The fourth-order valence-electron chi connectivity index (χ4n) is 1.63. The van der Waals surface area contributed by atoms with Crippen LogP contribution in [0.1, 0.15) is 21.3 Å². The molecule has 0 saturated heterocycles. The van der Waals surface area contributed by atoms with E-state index in [0.29, 0.717) is 5.75 Å². The largest absolute Gasteiger partial charge is 0.491 e. The fourth-order valence-corrected chi connectivity index (χ4v) is 1.63. The fraction of sp³-hybridized carbons (Fsp3) is 0.235. The molecule has 0 N–H and O–H groups in total. The first kappa shape index (κ1) is 16.5. The van der Waals surface area contributed by atoms with Gasteiger partial charge < -0.3 is 9.47 Å². The molecule has 0 amide bonds. The molecule has 0 aliphatic carbocycles. The molecule has 2 aromatic carbocycles. The van der Waals surface area contributed by atoms with E-state index < -0.39 is 5.82 Å². The lowest BCUT2D eigenvalue weighted by atomic mass is 10.3. The van der Waals surface area contributed by atoms with Crippen LogP contribution in [0.3, 0.4) is 0 Å². The molecule has 2 rings (SSSR count). The van der Waals surface area contributed by atoms with Gasteiger partial charge in [0, 0.05) is 0 Å². The normalized spacial score (nSPS) is 9.67. The van der Waals surface area contributed by atoms with Crippen molar-refractivity contribution in [1.82, 2.24) is 0 Å². The standard InChI is InChI=1S/C16H14FNO2.CH4/c1-11(2)19-13-5-7-14(8-6-13)20-16-9-4-12(18-3)10-15(16)17;/h4-11H,1-2H3;1H4. The van der Waals surface area contributed by atoms with E-state index in [0.717, 1.165) is 11.8 Å². The molecule has 2 aromatic rings. The molecule has 0 atom stereocenters. The van der Waals surface area contributed by atoms with Crippen molar-refractivity contribution in [3.8, 4) is 17.2 Å². The molecule has 110 valence electrons. The Hall–Kier alpha value is -2.54. The number of benzene rings is 2. The third-order valence-corrected chi connectivity index (χ3v) is 2.47. The van der Waals surface area contributed by atoms with Gasteiger partial charge in [-0.1, -0.05) is 13.5 Å². The lowest BCUT2D eigenvalue weighted by molar-refractivity contribution is 0.242. The second-order valence-electron chi connectivity index (χ2n) is 4.47.